The number of amides is 2. The minimum atomic E-state index is -1.74. The first-order chi connectivity index (χ1) is 26.8. The van der Waals surface area contributed by atoms with Crippen molar-refractivity contribution in [1.82, 2.24) is 10.6 Å². The van der Waals surface area contributed by atoms with E-state index in [-0.39, 0.29) is 0 Å². The zero-order valence-corrected chi connectivity index (χ0v) is 32.3. The van der Waals surface area contributed by atoms with E-state index < -0.39 is 159 Å². The summed E-state index contributed by atoms with van der Waals surface area (Å²) >= 11 is 0. The highest BCUT2D eigenvalue weighted by atomic mass is 16.7. The highest BCUT2D eigenvalue weighted by molar-refractivity contribution is 5.81. The van der Waals surface area contributed by atoms with E-state index in [1.807, 2.05) is 0 Å². The summed E-state index contributed by atoms with van der Waals surface area (Å²) in [6, 6.07) is -1.94. The number of ether oxygens (including phenoxy) is 9. The molecule has 0 saturated carbocycles. The molecule has 4 aliphatic rings. The molecule has 24 heteroatoms. The Balaban J connectivity index is 0.000000306. The SMILES string of the molecule is CO[C@@H]1C(C(C)=O)OC(O[C@@H]2C(NC(C)=O)[C@H](C)OC(CO)[C@H]2O)[C@@H](O)[C@H]1O.CO[C@@H]1OC(CO)[C@@H](O)[C@H](O[C@@H]2OC(C(=O)O)[C@@H](OC)[C@H](O)C2O)C1NC(C)=O. The minimum absolute atomic E-state index is 0.407. The van der Waals surface area contributed by atoms with Crippen molar-refractivity contribution >= 4 is 23.6 Å². The van der Waals surface area contributed by atoms with Gasteiger partial charge in [0, 0.05) is 35.2 Å². The van der Waals surface area contributed by atoms with Crippen LogP contribution in [-0.2, 0) is 61.8 Å². The predicted octanol–water partition coefficient (Wildman–Crippen LogP) is -6.79. The first kappa shape index (κ1) is 48.8. The van der Waals surface area contributed by atoms with Crippen LogP contribution in [0, 0.1) is 0 Å². The summed E-state index contributed by atoms with van der Waals surface area (Å²) in [5.74, 6) is -2.84. The molecule has 20 atom stereocenters. The van der Waals surface area contributed by atoms with E-state index in [1.54, 1.807) is 6.92 Å². The van der Waals surface area contributed by atoms with Gasteiger partial charge in [-0.25, -0.2) is 4.79 Å². The molecule has 0 radical (unpaired) electrons. The first-order valence-corrected chi connectivity index (χ1v) is 17.9. The molecule has 0 aromatic carbocycles. The Bertz CT molecular complexity index is 1330. The zero-order chi connectivity index (χ0) is 43.0. The molecule has 330 valence electrons. The number of rotatable bonds is 13. The molecule has 4 aliphatic heterocycles. The molecule has 0 spiro atoms. The maximum Gasteiger partial charge on any atom is 0.335 e. The lowest BCUT2D eigenvalue weighted by Gasteiger charge is -2.47. The summed E-state index contributed by atoms with van der Waals surface area (Å²) in [5.41, 5.74) is 0. The third-order valence-corrected chi connectivity index (χ3v) is 9.83. The second-order valence-electron chi connectivity index (χ2n) is 13.8. The van der Waals surface area contributed by atoms with Crippen LogP contribution in [0.25, 0.3) is 0 Å². The largest absolute Gasteiger partial charge is 0.479 e. The minimum Gasteiger partial charge on any atom is -0.479 e. The van der Waals surface area contributed by atoms with Gasteiger partial charge in [-0.1, -0.05) is 0 Å². The summed E-state index contributed by atoms with van der Waals surface area (Å²) in [7, 11) is 3.68. The van der Waals surface area contributed by atoms with E-state index in [9.17, 15) is 65.1 Å². The molecule has 0 aliphatic carbocycles. The van der Waals surface area contributed by atoms with Crippen LogP contribution in [-0.4, -0.2) is 227 Å². The average Bonchev–Trinajstić information content (AvgIpc) is 3.15. The van der Waals surface area contributed by atoms with Crippen molar-refractivity contribution in [2.24, 2.45) is 0 Å². The second-order valence-corrected chi connectivity index (χ2v) is 13.8. The topological polar surface area (TPSA) is 357 Å². The molecule has 4 heterocycles. The monoisotopic (exact) mass is 832 g/mol. The number of aliphatic hydroxyl groups is 8. The lowest BCUT2D eigenvalue weighted by molar-refractivity contribution is -0.339. The van der Waals surface area contributed by atoms with Gasteiger partial charge in [0.15, 0.2) is 30.8 Å². The maximum absolute atomic E-state index is 11.9. The van der Waals surface area contributed by atoms with E-state index in [4.69, 9.17) is 42.6 Å². The van der Waals surface area contributed by atoms with Gasteiger partial charge >= 0.3 is 5.97 Å². The van der Waals surface area contributed by atoms with Crippen LogP contribution in [0.3, 0.4) is 0 Å². The fraction of sp³-hybridized carbons (Fsp3) is 0.879. The number of aliphatic carboxylic acids is 1. The summed E-state index contributed by atoms with van der Waals surface area (Å²) in [6.07, 6.45) is -24.4. The van der Waals surface area contributed by atoms with Crippen molar-refractivity contribution in [3.05, 3.63) is 0 Å². The van der Waals surface area contributed by atoms with Gasteiger partial charge in [-0.3, -0.25) is 14.4 Å². The predicted molar refractivity (Wildman–Crippen MR) is 182 cm³/mol. The number of hydrogen-bond donors (Lipinski definition) is 11. The van der Waals surface area contributed by atoms with E-state index in [1.165, 1.54) is 35.0 Å². The Hall–Kier alpha value is -2.60. The zero-order valence-electron chi connectivity index (χ0n) is 32.3. The summed E-state index contributed by atoms with van der Waals surface area (Å²) in [5, 5.41) is 95.5. The van der Waals surface area contributed by atoms with Crippen LogP contribution >= 0.6 is 0 Å². The van der Waals surface area contributed by atoms with E-state index in [2.05, 4.69) is 10.6 Å². The molecule has 4 rings (SSSR count). The number of Topliss-reactive ketones (excluding diaryl/α,β-unsaturated/α-hetero) is 1. The summed E-state index contributed by atoms with van der Waals surface area (Å²) in [4.78, 5) is 46.5. The molecular formula is C33H56N2O22. The maximum atomic E-state index is 11.9. The fourth-order valence-electron chi connectivity index (χ4n) is 6.96. The quantitative estimate of drug-likeness (QED) is 0.0821. The van der Waals surface area contributed by atoms with Crippen LogP contribution in [0.2, 0.25) is 0 Å². The molecule has 2 amide bonds. The van der Waals surface area contributed by atoms with Gasteiger partial charge in [-0.05, 0) is 13.8 Å². The van der Waals surface area contributed by atoms with Gasteiger partial charge in [0.25, 0.3) is 0 Å². The van der Waals surface area contributed by atoms with E-state index in [0.717, 1.165) is 7.11 Å². The number of ketones is 1. The highest BCUT2D eigenvalue weighted by Crippen LogP contribution is 2.32. The van der Waals surface area contributed by atoms with Gasteiger partial charge in [0.2, 0.25) is 11.8 Å². The lowest BCUT2D eigenvalue weighted by atomic mass is 9.92. The number of carbonyl (C=O) groups is 4. The molecule has 4 saturated heterocycles. The molecule has 24 nitrogen and oxygen atoms in total. The van der Waals surface area contributed by atoms with Gasteiger partial charge in [-0.2, -0.15) is 0 Å². The lowest BCUT2D eigenvalue weighted by Crippen LogP contribution is -2.68. The Labute approximate surface area is 326 Å². The Morgan fingerprint density at radius 3 is 1.37 bits per heavy atom. The van der Waals surface area contributed by atoms with Gasteiger partial charge < -0.3 is 99.2 Å². The molecule has 8 unspecified atom stereocenters. The van der Waals surface area contributed by atoms with E-state index in [0.29, 0.717) is 0 Å². The Morgan fingerprint density at radius 2 is 0.965 bits per heavy atom. The third kappa shape index (κ3) is 11.4. The molecule has 57 heavy (non-hydrogen) atoms. The van der Waals surface area contributed by atoms with Gasteiger partial charge in [0.05, 0.1) is 25.4 Å². The number of hydrogen-bond acceptors (Lipinski definition) is 21. The Morgan fingerprint density at radius 1 is 0.544 bits per heavy atom. The van der Waals surface area contributed by atoms with Crippen LogP contribution in [0.5, 0.6) is 0 Å². The van der Waals surface area contributed by atoms with Crippen molar-refractivity contribution in [3.8, 4) is 0 Å². The smallest absolute Gasteiger partial charge is 0.335 e. The van der Waals surface area contributed by atoms with E-state index >= 15 is 0 Å². The number of nitrogens with one attached hydrogen (secondary N) is 2. The van der Waals surface area contributed by atoms with Crippen molar-refractivity contribution in [2.45, 2.75) is 150 Å². The first-order valence-electron chi connectivity index (χ1n) is 17.9. The second kappa shape index (κ2) is 21.6. The summed E-state index contributed by atoms with van der Waals surface area (Å²) in [6.45, 7) is 4.22. The van der Waals surface area contributed by atoms with Gasteiger partial charge in [-0.15, -0.1) is 0 Å². The number of aliphatic hydroxyl groups excluding tert-OH is 8. The standard InChI is InChI=1S/C17H29NO10.C16H27NO12/c1-6(20)14-16(25-4)12(23)13(24)17(27-14)28-15-10(18-8(3)21)7(2)26-9(5-19)11(15)22;1-5(19)17-7-11(8(20)6(4-18)27-15(7)26-3)28-16-10(22)9(21)12(25-2)13(29-16)14(23)24/h7,9-17,19,22-24H,5H2,1-4H3,(H,18,21);6-13,15-16,18,20-22H,4H2,1-3H3,(H,17,19)(H,23,24)/t7-,9?,10?,11+,12+,13-,14?,15+,16-,17?;6?,7?,8-,9-,10?,11-,12+,13?,15-,16-/m01/s1. The van der Waals surface area contributed by atoms with Crippen LogP contribution in [0.4, 0.5) is 0 Å². The number of carboxylic acids is 1. The van der Waals surface area contributed by atoms with Crippen LogP contribution in [0.1, 0.15) is 27.7 Å². The normalized spacial score (nSPS) is 43.6. The van der Waals surface area contributed by atoms with Crippen LogP contribution in [0.15, 0.2) is 0 Å². The van der Waals surface area contributed by atoms with Crippen molar-refractivity contribution in [3.63, 3.8) is 0 Å². The molecule has 0 aromatic heterocycles. The van der Waals surface area contributed by atoms with Crippen LogP contribution < -0.4 is 10.6 Å². The average molecular weight is 833 g/mol. The van der Waals surface area contributed by atoms with Crippen molar-refractivity contribution in [2.75, 3.05) is 34.5 Å². The van der Waals surface area contributed by atoms with Gasteiger partial charge in [0.1, 0.15) is 85.4 Å². The number of carbonyl (C=O) groups excluding carboxylic acids is 3. The van der Waals surface area contributed by atoms with Crippen molar-refractivity contribution in [1.29, 1.82) is 0 Å². The summed E-state index contributed by atoms with van der Waals surface area (Å²) < 4.78 is 48.1. The molecule has 4 fully saturated rings. The third-order valence-electron chi connectivity index (χ3n) is 9.83. The number of methoxy groups -OCH3 is 3. The number of carboxylic acid groups (broad SMARTS) is 1. The molecule has 11 N–H and O–H groups in total. The Kier molecular flexibility index (Phi) is 18.5. The fourth-order valence-corrected chi connectivity index (χ4v) is 6.96. The van der Waals surface area contributed by atoms with Crippen molar-refractivity contribution < 1.29 is 108 Å². The molecule has 0 aromatic rings. The molecule has 0 bridgehead atoms. The molecular weight excluding hydrogens is 776 g/mol. The highest BCUT2D eigenvalue weighted by Gasteiger charge is 2.54.